The molecule has 0 radical (unpaired) electrons. The van der Waals surface area contributed by atoms with E-state index < -0.39 is 17.6 Å². The molecule has 0 spiro atoms. The lowest BCUT2D eigenvalue weighted by molar-refractivity contribution is -0.148. The van der Waals surface area contributed by atoms with Crippen LogP contribution in [0.5, 0.6) is 0 Å². The van der Waals surface area contributed by atoms with Gasteiger partial charge in [0.2, 0.25) is 5.91 Å². The monoisotopic (exact) mass is 230 g/mol. The van der Waals surface area contributed by atoms with Crippen LogP contribution < -0.4 is 11.1 Å². The minimum Gasteiger partial charge on any atom is -0.480 e. The summed E-state index contributed by atoms with van der Waals surface area (Å²) in [5.74, 6) is -1.39. The number of carboxylic acids is 1. The maximum absolute atomic E-state index is 11.7. The molecule has 0 bridgehead atoms. The van der Waals surface area contributed by atoms with Crippen LogP contribution in [0.4, 0.5) is 0 Å². The molecule has 0 aliphatic rings. The average molecular weight is 230 g/mol. The molecule has 0 rings (SSSR count). The Morgan fingerprint density at radius 3 is 2.12 bits per heavy atom. The number of hydrogen-bond acceptors (Lipinski definition) is 3. The van der Waals surface area contributed by atoms with Crippen molar-refractivity contribution in [2.24, 2.45) is 5.73 Å². The van der Waals surface area contributed by atoms with Crippen molar-refractivity contribution in [3.8, 4) is 0 Å². The van der Waals surface area contributed by atoms with Gasteiger partial charge in [0.1, 0.15) is 5.54 Å². The third-order valence-corrected chi connectivity index (χ3v) is 2.92. The lowest BCUT2D eigenvalue weighted by Crippen LogP contribution is -2.57. The second kappa shape index (κ2) is 6.48. The van der Waals surface area contributed by atoms with Crippen LogP contribution in [0.2, 0.25) is 0 Å². The minimum atomic E-state index is -1.18. The topological polar surface area (TPSA) is 92.4 Å². The molecule has 5 nitrogen and oxygen atoms in total. The second-order valence-electron chi connectivity index (χ2n) is 3.98. The predicted octanol–water partition coefficient (Wildman–Crippen LogP) is 0.873. The summed E-state index contributed by atoms with van der Waals surface area (Å²) in [4.78, 5) is 22.8. The van der Waals surface area contributed by atoms with Crippen molar-refractivity contribution in [2.45, 2.75) is 58.0 Å². The van der Waals surface area contributed by atoms with Gasteiger partial charge >= 0.3 is 5.97 Å². The van der Waals surface area contributed by atoms with E-state index in [1.807, 2.05) is 6.92 Å². The molecule has 1 atom stereocenters. The highest BCUT2D eigenvalue weighted by Crippen LogP contribution is 2.15. The Bertz CT molecular complexity index is 250. The molecule has 16 heavy (non-hydrogen) atoms. The number of carboxylic acid groups (broad SMARTS) is 1. The van der Waals surface area contributed by atoms with Gasteiger partial charge in [-0.2, -0.15) is 0 Å². The van der Waals surface area contributed by atoms with Gasteiger partial charge in [-0.05, 0) is 19.3 Å². The van der Waals surface area contributed by atoms with Crippen LogP contribution >= 0.6 is 0 Å². The molecular formula is C11H22N2O3. The Labute approximate surface area is 96.4 Å². The fraction of sp³-hybridized carbons (Fsp3) is 0.818. The van der Waals surface area contributed by atoms with Gasteiger partial charge in [-0.1, -0.05) is 27.2 Å². The van der Waals surface area contributed by atoms with E-state index in [0.717, 1.165) is 6.42 Å². The highest BCUT2D eigenvalue weighted by Gasteiger charge is 2.37. The van der Waals surface area contributed by atoms with E-state index in [2.05, 4.69) is 5.32 Å². The van der Waals surface area contributed by atoms with Crippen LogP contribution in [0.1, 0.15) is 46.5 Å². The summed E-state index contributed by atoms with van der Waals surface area (Å²) in [6.45, 7) is 5.41. The molecule has 0 fully saturated rings. The molecule has 4 N–H and O–H groups in total. The van der Waals surface area contributed by atoms with Crippen molar-refractivity contribution in [1.29, 1.82) is 0 Å². The zero-order valence-electron chi connectivity index (χ0n) is 10.2. The smallest absolute Gasteiger partial charge is 0.329 e. The normalized spacial score (nSPS) is 13.2. The highest BCUT2D eigenvalue weighted by atomic mass is 16.4. The Morgan fingerprint density at radius 1 is 1.31 bits per heavy atom. The first-order chi connectivity index (χ1) is 7.43. The molecule has 0 aromatic rings. The summed E-state index contributed by atoms with van der Waals surface area (Å²) in [7, 11) is 0. The van der Waals surface area contributed by atoms with Crippen molar-refractivity contribution in [2.75, 3.05) is 0 Å². The summed E-state index contributed by atoms with van der Waals surface area (Å²) >= 11 is 0. The van der Waals surface area contributed by atoms with Crippen LogP contribution in [-0.4, -0.2) is 28.6 Å². The summed E-state index contributed by atoms with van der Waals surface area (Å²) in [5.41, 5.74) is 4.46. The molecule has 1 amide bonds. The van der Waals surface area contributed by atoms with Gasteiger partial charge in [-0.3, -0.25) is 4.79 Å². The average Bonchev–Trinajstić information content (AvgIpc) is 2.25. The molecule has 0 aromatic heterocycles. The molecule has 5 heteroatoms. The lowest BCUT2D eigenvalue weighted by Gasteiger charge is -2.29. The minimum absolute atomic E-state index is 0.351. The number of amides is 1. The number of aliphatic carboxylic acids is 1. The Kier molecular flexibility index (Phi) is 6.03. The fourth-order valence-corrected chi connectivity index (χ4v) is 1.55. The molecule has 0 saturated carbocycles. The maximum Gasteiger partial charge on any atom is 0.329 e. The summed E-state index contributed by atoms with van der Waals surface area (Å²) < 4.78 is 0. The Balaban J connectivity index is 4.64. The third kappa shape index (κ3) is 3.48. The van der Waals surface area contributed by atoms with E-state index in [-0.39, 0.29) is 5.91 Å². The fourth-order valence-electron chi connectivity index (χ4n) is 1.55. The number of nitrogens with one attached hydrogen (secondary N) is 1. The largest absolute Gasteiger partial charge is 0.480 e. The van der Waals surface area contributed by atoms with E-state index in [1.165, 1.54) is 0 Å². The van der Waals surface area contributed by atoms with Crippen molar-refractivity contribution in [1.82, 2.24) is 5.32 Å². The van der Waals surface area contributed by atoms with Crippen LogP contribution in [0.3, 0.4) is 0 Å². The standard InChI is InChI=1S/C11H22N2O3/c1-4-7-8(12)9(14)13-11(5-2,6-3)10(15)16/h8H,4-7,12H2,1-3H3,(H,13,14)(H,15,16)/t8-/m1/s1. The first-order valence-corrected chi connectivity index (χ1v) is 5.74. The Hall–Kier alpha value is -1.10. The maximum atomic E-state index is 11.7. The SMILES string of the molecule is CCC[C@@H](N)C(=O)NC(CC)(CC)C(=O)O. The number of rotatable bonds is 7. The van der Waals surface area contributed by atoms with Crippen molar-refractivity contribution >= 4 is 11.9 Å². The van der Waals surface area contributed by atoms with E-state index in [1.54, 1.807) is 13.8 Å². The van der Waals surface area contributed by atoms with E-state index in [9.17, 15) is 9.59 Å². The lowest BCUT2D eigenvalue weighted by atomic mass is 9.92. The van der Waals surface area contributed by atoms with Crippen molar-refractivity contribution in [3.05, 3.63) is 0 Å². The van der Waals surface area contributed by atoms with Crippen molar-refractivity contribution < 1.29 is 14.7 Å². The van der Waals surface area contributed by atoms with Gasteiger partial charge < -0.3 is 16.2 Å². The van der Waals surface area contributed by atoms with Gasteiger partial charge in [0, 0.05) is 0 Å². The summed E-state index contributed by atoms with van der Waals surface area (Å²) in [6.07, 6.45) is 2.06. The molecular weight excluding hydrogens is 208 g/mol. The molecule has 0 heterocycles. The molecule has 0 aliphatic heterocycles. The van der Waals surface area contributed by atoms with Gasteiger partial charge in [0.25, 0.3) is 0 Å². The van der Waals surface area contributed by atoms with Gasteiger partial charge in [0.15, 0.2) is 0 Å². The number of hydrogen-bond donors (Lipinski definition) is 3. The quantitative estimate of drug-likeness (QED) is 0.605. The van der Waals surface area contributed by atoms with Gasteiger partial charge in [0.05, 0.1) is 6.04 Å². The van der Waals surface area contributed by atoms with Crippen molar-refractivity contribution in [3.63, 3.8) is 0 Å². The summed E-state index contributed by atoms with van der Waals surface area (Å²) in [5, 5.41) is 11.7. The zero-order valence-corrected chi connectivity index (χ0v) is 10.2. The first-order valence-electron chi connectivity index (χ1n) is 5.74. The summed E-state index contributed by atoms with van der Waals surface area (Å²) in [6, 6.07) is -0.623. The molecule has 0 aromatic carbocycles. The van der Waals surface area contributed by atoms with E-state index in [4.69, 9.17) is 10.8 Å². The highest BCUT2D eigenvalue weighted by molar-refractivity contribution is 5.89. The molecule has 0 unspecified atom stereocenters. The molecule has 0 aliphatic carbocycles. The van der Waals surface area contributed by atoms with Crippen LogP contribution in [0.15, 0.2) is 0 Å². The number of nitrogens with two attached hydrogens (primary N) is 1. The predicted molar refractivity (Wildman–Crippen MR) is 62.0 cm³/mol. The zero-order chi connectivity index (χ0) is 12.8. The van der Waals surface area contributed by atoms with Gasteiger partial charge in [-0.15, -0.1) is 0 Å². The number of carbonyl (C=O) groups is 2. The number of carbonyl (C=O) groups excluding carboxylic acids is 1. The third-order valence-electron chi connectivity index (χ3n) is 2.92. The van der Waals surface area contributed by atoms with Crippen LogP contribution in [0, 0.1) is 0 Å². The van der Waals surface area contributed by atoms with Crippen LogP contribution in [-0.2, 0) is 9.59 Å². The molecule has 0 saturated heterocycles. The first kappa shape index (κ1) is 14.9. The van der Waals surface area contributed by atoms with Gasteiger partial charge in [-0.25, -0.2) is 4.79 Å². The van der Waals surface area contributed by atoms with E-state index in [0.29, 0.717) is 19.3 Å². The Morgan fingerprint density at radius 2 is 1.81 bits per heavy atom. The molecule has 94 valence electrons. The van der Waals surface area contributed by atoms with E-state index >= 15 is 0 Å². The van der Waals surface area contributed by atoms with Crippen LogP contribution in [0.25, 0.3) is 0 Å². The second-order valence-corrected chi connectivity index (χ2v) is 3.98.